The first-order valence-corrected chi connectivity index (χ1v) is 8.30. The number of hydrogen-bond donors (Lipinski definition) is 1. The molecule has 2 aromatic rings. The van der Waals surface area contributed by atoms with E-state index in [0.29, 0.717) is 12.2 Å². The van der Waals surface area contributed by atoms with Crippen molar-refractivity contribution >= 4 is 17.1 Å². The average molecular weight is 327 g/mol. The summed E-state index contributed by atoms with van der Waals surface area (Å²) >= 11 is 0. The molecule has 0 spiro atoms. The van der Waals surface area contributed by atoms with Gasteiger partial charge in [0.25, 0.3) is 5.69 Å². The van der Waals surface area contributed by atoms with Crippen LogP contribution in [-0.4, -0.2) is 18.0 Å². The van der Waals surface area contributed by atoms with Crippen LogP contribution in [0.25, 0.3) is 0 Å². The molecule has 0 unspecified atom stereocenters. The van der Waals surface area contributed by atoms with Crippen molar-refractivity contribution < 1.29 is 4.92 Å². The summed E-state index contributed by atoms with van der Waals surface area (Å²) in [5, 5.41) is 14.8. The first kappa shape index (κ1) is 17.8. The molecule has 24 heavy (non-hydrogen) atoms. The summed E-state index contributed by atoms with van der Waals surface area (Å²) in [4.78, 5) is 13.1. The Morgan fingerprint density at radius 3 is 2.46 bits per heavy atom. The molecule has 5 heteroatoms. The molecule has 2 aromatic carbocycles. The molecule has 2 rings (SSSR count). The molecule has 0 aliphatic heterocycles. The Labute approximate surface area is 143 Å². The van der Waals surface area contributed by atoms with Gasteiger partial charge in [-0.25, -0.2) is 0 Å². The molecule has 0 saturated carbocycles. The number of benzene rings is 2. The van der Waals surface area contributed by atoms with E-state index in [1.807, 2.05) is 43.0 Å². The predicted molar refractivity (Wildman–Crippen MR) is 99.9 cm³/mol. The summed E-state index contributed by atoms with van der Waals surface area (Å²) in [6, 6.07) is 11.6. The minimum atomic E-state index is -0.297. The van der Waals surface area contributed by atoms with E-state index in [1.165, 1.54) is 11.1 Å². The highest BCUT2D eigenvalue weighted by Crippen LogP contribution is 2.29. The van der Waals surface area contributed by atoms with Gasteiger partial charge >= 0.3 is 0 Å². The Kier molecular flexibility index (Phi) is 5.79. The summed E-state index contributed by atoms with van der Waals surface area (Å²) in [5.74, 6) is 0. The fraction of sp³-hybridized carbons (Fsp3) is 0.368. The van der Waals surface area contributed by atoms with Gasteiger partial charge in [-0.2, -0.15) is 0 Å². The molecule has 1 N–H and O–H groups in total. The van der Waals surface area contributed by atoms with Crippen molar-refractivity contribution in [3.05, 3.63) is 63.2 Å². The summed E-state index contributed by atoms with van der Waals surface area (Å²) in [6.45, 7) is 10.2. The third kappa shape index (κ3) is 3.85. The third-order valence-corrected chi connectivity index (χ3v) is 4.43. The lowest BCUT2D eigenvalue weighted by molar-refractivity contribution is -0.384. The predicted octanol–water partition coefficient (Wildman–Crippen LogP) is 4.67. The number of nitro benzene ring substituents is 1. The van der Waals surface area contributed by atoms with Crippen molar-refractivity contribution in [1.29, 1.82) is 0 Å². The Hall–Kier alpha value is -2.56. The van der Waals surface area contributed by atoms with Gasteiger partial charge in [-0.15, -0.1) is 0 Å². The van der Waals surface area contributed by atoms with E-state index in [1.54, 1.807) is 6.07 Å². The second-order valence-corrected chi connectivity index (χ2v) is 5.85. The molecule has 0 amide bonds. The smallest absolute Gasteiger partial charge is 0.292 e. The van der Waals surface area contributed by atoms with Crippen molar-refractivity contribution in [2.75, 3.05) is 23.3 Å². The van der Waals surface area contributed by atoms with Crippen LogP contribution in [0.3, 0.4) is 0 Å². The van der Waals surface area contributed by atoms with E-state index in [2.05, 4.69) is 25.2 Å². The molecule has 0 aromatic heterocycles. The van der Waals surface area contributed by atoms with Gasteiger partial charge < -0.3 is 10.2 Å². The Balaban J connectivity index is 2.24. The lowest BCUT2D eigenvalue weighted by Crippen LogP contribution is -2.22. The normalized spacial score (nSPS) is 10.5. The first-order valence-electron chi connectivity index (χ1n) is 8.30. The SMILES string of the molecule is CCN(CC)c1ccc(CNc2cccc(C)c2C)cc1[N+](=O)[O-]. The van der Waals surface area contributed by atoms with Gasteiger partial charge in [0.15, 0.2) is 0 Å². The highest BCUT2D eigenvalue weighted by Gasteiger charge is 2.18. The number of rotatable bonds is 7. The van der Waals surface area contributed by atoms with Crippen LogP contribution in [0.15, 0.2) is 36.4 Å². The summed E-state index contributed by atoms with van der Waals surface area (Å²) in [7, 11) is 0. The second kappa shape index (κ2) is 7.81. The minimum absolute atomic E-state index is 0.166. The number of aryl methyl sites for hydroxylation is 1. The molecule has 0 fully saturated rings. The molecule has 0 saturated heterocycles. The topological polar surface area (TPSA) is 58.4 Å². The molecule has 128 valence electrons. The molecular weight excluding hydrogens is 302 g/mol. The second-order valence-electron chi connectivity index (χ2n) is 5.85. The number of nitrogens with zero attached hydrogens (tertiary/aromatic N) is 2. The monoisotopic (exact) mass is 327 g/mol. The van der Waals surface area contributed by atoms with Crippen molar-refractivity contribution in [3.8, 4) is 0 Å². The van der Waals surface area contributed by atoms with E-state index in [4.69, 9.17) is 0 Å². The van der Waals surface area contributed by atoms with Crippen LogP contribution in [0, 0.1) is 24.0 Å². The van der Waals surface area contributed by atoms with E-state index in [-0.39, 0.29) is 10.6 Å². The zero-order chi connectivity index (χ0) is 17.7. The van der Waals surface area contributed by atoms with Crippen molar-refractivity contribution in [1.82, 2.24) is 0 Å². The highest BCUT2D eigenvalue weighted by molar-refractivity contribution is 5.64. The average Bonchev–Trinajstić information content (AvgIpc) is 2.58. The van der Waals surface area contributed by atoms with Crippen molar-refractivity contribution in [3.63, 3.8) is 0 Å². The molecule has 0 aliphatic carbocycles. The molecule has 0 atom stereocenters. The third-order valence-electron chi connectivity index (χ3n) is 4.43. The Morgan fingerprint density at radius 1 is 1.12 bits per heavy atom. The Morgan fingerprint density at radius 2 is 1.83 bits per heavy atom. The van der Waals surface area contributed by atoms with Crippen LogP contribution < -0.4 is 10.2 Å². The maximum atomic E-state index is 11.4. The van der Waals surface area contributed by atoms with E-state index in [9.17, 15) is 10.1 Å². The van der Waals surface area contributed by atoms with Gasteiger partial charge in [0.05, 0.1) is 4.92 Å². The fourth-order valence-corrected chi connectivity index (χ4v) is 2.80. The molecule has 0 radical (unpaired) electrons. The highest BCUT2D eigenvalue weighted by atomic mass is 16.6. The Bertz CT molecular complexity index is 725. The minimum Gasteiger partial charge on any atom is -0.381 e. The van der Waals surface area contributed by atoms with Gasteiger partial charge in [0, 0.05) is 31.4 Å². The largest absolute Gasteiger partial charge is 0.381 e. The van der Waals surface area contributed by atoms with Gasteiger partial charge in [-0.05, 0) is 56.5 Å². The summed E-state index contributed by atoms with van der Waals surface area (Å²) in [6.07, 6.45) is 0. The van der Waals surface area contributed by atoms with Gasteiger partial charge in [-0.3, -0.25) is 10.1 Å². The maximum absolute atomic E-state index is 11.4. The lowest BCUT2D eigenvalue weighted by Gasteiger charge is -2.21. The van der Waals surface area contributed by atoms with Crippen LogP contribution in [0.5, 0.6) is 0 Å². The number of nitro groups is 1. The van der Waals surface area contributed by atoms with Crippen molar-refractivity contribution in [2.24, 2.45) is 0 Å². The van der Waals surface area contributed by atoms with E-state index < -0.39 is 0 Å². The lowest BCUT2D eigenvalue weighted by atomic mass is 10.1. The van der Waals surface area contributed by atoms with Crippen LogP contribution >= 0.6 is 0 Å². The van der Waals surface area contributed by atoms with E-state index >= 15 is 0 Å². The molecule has 0 heterocycles. The molecule has 0 bridgehead atoms. The summed E-state index contributed by atoms with van der Waals surface area (Å²) < 4.78 is 0. The van der Waals surface area contributed by atoms with Gasteiger partial charge in [0.2, 0.25) is 0 Å². The van der Waals surface area contributed by atoms with Crippen molar-refractivity contribution in [2.45, 2.75) is 34.2 Å². The quantitative estimate of drug-likeness (QED) is 0.593. The number of hydrogen-bond acceptors (Lipinski definition) is 4. The van der Waals surface area contributed by atoms with Crippen LogP contribution in [-0.2, 0) is 6.54 Å². The standard InChI is InChI=1S/C19H25N3O2/c1-5-21(6-2)18-11-10-16(12-19(18)22(23)24)13-20-17-9-7-8-14(3)15(17)4/h7-12,20H,5-6,13H2,1-4H3. The number of anilines is 2. The maximum Gasteiger partial charge on any atom is 0.292 e. The molecule has 5 nitrogen and oxygen atoms in total. The summed E-state index contributed by atoms with van der Waals surface area (Å²) in [5.41, 5.74) is 5.23. The van der Waals surface area contributed by atoms with Gasteiger partial charge in [0.1, 0.15) is 5.69 Å². The fourth-order valence-electron chi connectivity index (χ4n) is 2.80. The van der Waals surface area contributed by atoms with Crippen LogP contribution in [0.4, 0.5) is 17.1 Å². The van der Waals surface area contributed by atoms with Gasteiger partial charge in [-0.1, -0.05) is 18.2 Å². The molecule has 0 aliphatic rings. The van der Waals surface area contributed by atoms with Crippen LogP contribution in [0.2, 0.25) is 0 Å². The first-order chi connectivity index (χ1) is 11.5. The number of nitrogens with one attached hydrogen (secondary N) is 1. The van der Waals surface area contributed by atoms with E-state index in [0.717, 1.165) is 24.3 Å². The molecular formula is C19H25N3O2. The zero-order valence-electron chi connectivity index (χ0n) is 14.8. The van der Waals surface area contributed by atoms with Crippen LogP contribution in [0.1, 0.15) is 30.5 Å². The zero-order valence-corrected chi connectivity index (χ0v) is 14.8.